The van der Waals surface area contributed by atoms with Crippen molar-refractivity contribution in [3.63, 3.8) is 0 Å². The Morgan fingerprint density at radius 1 is 1.42 bits per heavy atom. The van der Waals surface area contributed by atoms with Crippen LogP contribution in [0.25, 0.3) is 0 Å². The molecule has 4 N–H and O–H groups in total. The summed E-state index contributed by atoms with van der Waals surface area (Å²) in [6, 6.07) is 3.78. The maximum atomic E-state index is 11.4. The SMILES string of the molecule is Cn1cc(Nc2cc3c(cc2N)CCC(=O)N3)cn1. The van der Waals surface area contributed by atoms with Crippen molar-refractivity contribution in [2.75, 3.05) is 16.4 Å². The van der Waals surface area contributed by atoms with Gasteiger partial charge in [0.15, 0.2) is 0 Å². The van der Waals surface area contributed by atoms with Crippen molar-refractivity contribution in [2.24, 2.45) is 7.05 Å². The van der Waals surface area contributed by atoms with Crippen molar-refractivity contribution >= 4 is 28.7 Å². The van der Waals surface area contributed by atoms with E-state index in [2.05, 4.69) is 15.7 Å². The Labute approximate surface area is 110 Å². The van der Waals surface area contributed by atoms with Crippen molar-refractivity contribution in [3.05, 3.63) is 30.1 Å². The number of fused-ring (bicyclic) bond motifs is 1. The van der Waals surface area contributed by atoms with E-state index in [1.54, 1.807) is 10.9 Å². The first kappa shape index (κ1) is 11.6. The normalized spacial score (nSPS) is 13.8. The Morgan fingerprint density at radius 2 is 2.26 bits per heavy atom. The first-order chi connectivity index (χ1) is 9.11. The molecule has 6 heteroatoms. The number of hydrogen-bond acceptors (Lipinski definition) is 4. The summed E-state index contributed by atoms with van der Waals surface area (Å²) in [5.41, 5.74) is 10.2. The summed E-state index contributed by atoms with van der Waals surface area (Å²) >= 11 is 0. The highest BCUT2D eigenvalue weighted by molar-refractivity contribution is 5.95. The summed E-state index contributed by atoms with van der Waals surface area (Å²) in [5, 5.41) is 10.1. The predicted octanol–water partition coefficient (Wildman–Crippen LogP) is 1.63. The van der Waals surface area contributed by atoms with Crippen molar-refractivity contribution in [2.45, 2.75) is 12.8 Å². The number of carbonyl (C=O) groups excluding carboxylic acids is 1. The zero-order valence-electron chi connectivity index (χ0n) is 10.6. The molecule has 6 nitrogen and oxygen atoms in total. The largest absolute Gasteiger partial charge is 0.397 e. The van der Waals surface area contributed by atoms with Gasteiger partial charge in [-0.2, -0.15) is 5.10 Å². The molecule has 1 aliphatic rings. The van der Waals surface area contributed by atoms with Gasteiger partial charge in [-0.05, 0) is 24.1 Å². The first-order valence-electron chi connectivity index (χ1n) is 6.10. The van der Waals surface area contributed by atoms with Crippen LogP contribution in [0.2, 0.25) is 0 Å². The molecule has 0 atom stereocenters. The molecule has 1 amide bonds. The number of nitrogens with zero attached hydrogens (tertiary/aromatic N) is 2. The summed E-state index contributed by atoms with van der Waals surface area (Å²) in [7, 11) is 1.85. The molecule has 19 heavy (non-hydrogen) atoms. The Balaban J connectivity index is 1.93. The van der Waals surface area contributed by atoms with Gasteiger partial charge in [-0.15, -0.1) is 0 Å². The van der Waals surface area contributed by atoms with E-state index < -0.39 is 0 Å². The van der Waals surface area contributed by atoms with Crippen molar-refractivity contribution in [1.82, 2.24) is 9.78 Å². The Bertz CT molecular complexity index is 646. The van der Waals surface area contributed by atoms with E-state index >= 15 is 0 Å². The molecule has 0 spiro atoms. The average Bonchev–Trinajstić information content (AvgIpc) is 2.76. The van der Waals surface area contributed by atoms with Crippen LogP contribution >= 0.6 is 0 Å². The topological polar surface area (TPSA) is 85.0 Å². The van der Waals surface area contributed by atoms with Crippen molar-refractivity contribution < 1.29 is 4.79 Å². The van der Waals surface area contributed by atoms with E-state index in [1.807, 2.05) is 25.4 Å². The van der Waals surface area contributed by atoms with Crippen LogP contribution in [0.4, 0.5) is 22.7 Å². The third-order valence-electron chi connectivity index (χ3n) is 3.15. The molecule has 2 heterocycles. The number of aryl methyl sites for hydroxylation is 2. The highest BCUT2D eigenvalue weighted by Crippen LogP contribution is 2.32. The quantitative estimate of drug-likeness (QED) is 0.714. The second-order valence-electron chi connectivity index (χ2n) is 4.67. The van der Waals surface area contributed by atoms with Crippen LogP contribution < -0.4 is 16.4 Å². The van der Waals surface area contributed by atoms with E-state index in [-0.39, 0.29) is 5.91 Å². The van der Waals surface area contributed by atoms with Crippen LogP contribution in [-0.4, -0.2) is 15.7 Å². The lowest BCUT2D eigenvalue weighted by molar-refractivity contribution is -0.116. The number of rotatable bonds is 2. The van der Waals surface area contributed by atoms with Gasteiger partial charge in [0.25, 0.3) is 0 Å². The molecule has 2 aromatic rings. The highest BCUT2D eigenvalue weighted by atomic mass is 16.1. The van der Waals surface area contributed by atoms with Gasteiger partial charge >= 0.3 is 0 Å². The monoisotopic (exact) mass is 257 g/mol. The molecule has 98 valence electrons. The number of amides is 1. The molecule has 0 radical (unpaired) electrons. The molecule has 1 aromatic heterocycles. The van der Waals surface area contributed by atoms with E-state index in [1.165, 1.54) is 0 Å². The van der Waals surface area contributed by atoms with Crippen molar-refractivity contribution in [1.29, 1.82) is 0 Å². The van der Waals surface area contributed by atoms with Gasteiger partial charge in [-0.3, -0.25) is 9.48 Å². The minimum atomic E-state index is 0.0459. The summed E-state index contributed by atoms with van der Waals surface area (Å²) < 4.78 is 1.71. The molecular weight excluding hydrogens is 242 g/mol. The molecule has 1 aliphatic heterocycles. The Hall–Kier alpha value is -2.50. The van der Waals surface area contributed by atoms with Crippen LogP contribution in [0.3, 0.4) is 0 Å². The van der Waals surface area contributed by atoms with Gasteiger partial charge in [0.05, 0.1) is 23.3 Å². The molecule has 0 unspecified atom stereocenters. The number of benzene rings is 1. The molecule has 0 fully saturated rings. The number of carbonyl (C=O) groups is 1. The fraction of sp³-hybridized carbons (Fsp3) is 0.231. The van der Waals surface area contributed by atoms with Gasteiger partial charge < -0.3 is 16.4 Å². The molecule has 1 aromatic carbocycles. The Kier molecular flexibility index (Phi) is 2.63. The summed E-state index contributed by atoms with van der Waals surface area (Å²) in [6.07, 6.45) is 4.83. The number of hydrogen-bond donors (Lipinski definition) is 3. The Morgan fingerprint density at radius 3 is 3.00 bits per heavy atom. The van der Waals surface area contributed by atoms with E-state index in [4.69, 9.17) is 5.73 Å². The van der Waals surface area contributed by atoms with Gasteiger partial charge in [-0.1, -0.05) is 0 Å². The third kappa shape index (κ3) is 2.24. The van der Waals surface area contributed by atoms with E-state index in [0.717, 1.165) is 29.0 Å². The van der Waals surface area contributed by atoms with Gasteiger partial charge in [0.1, 0.15) is 0 Å². The standard InChI is InChI=1S/C13H15N5O/c1-18-7-9(6-15-18)16-12-5-11-8(4-10(12)14)2-3-13(19)17-11/h4-7,16H,2-3,14H2,1H3,(H,17,19). The highest BCUT2D eigenvalue weighted by Gasteiger charge is 2.16. The predicted molar refractivity (Wildman–Crippen MR) is 74.3 cm³/mol. The lowest BCUT2D eigenvalue weighted by Gasteiger charge is -2.19. The minimum absolute atomic E-state index is 0.0459. The molecule has 0 saturated carbocycles. The molecule has 3 rings (SSSR count). The second-order valence-corrected chi connectivity index (χ2v) is 4.67. The number of nitrogens with one attached hydrogen (secondary N) is 2. The maximum Gasteiger partial charge on any atom is 0.224 e. The number of aromatic nitrogens is 2. The lowest BCUT2D eigenvalue weighted by Crippen LogP contribution is -2.19. The number of anilines is 4. The molecule has 0 bridgehead atoms. The van der Waals surface area contributed by atoms with Gasteiger partial charge in [-0.25, -0.2) is 0 Å². The average molecular weight is 257 g/mol. The number of nitrogens with two attached hydrogens (primary N) is 1. The van der Waals surface area contributed by atoms with Crippen LogP contribution in [0, 0.1) is 0 Å². The molecule has 0 saturated heterocycles. The third-order valence-corrected chi connectivity index (χ3v) is 3.15. The summed E-state index contributed by atoms with van der Waals surface area (Å²) in [6.45, 7) is 0. The van der Waals surface area contributed by atoms with Gasteiger partial charge in [0, 0.05) is 25.4 Å². The minimum Gasteiger partial charge on any atom is -0.397 e. The van der Waals surface area contributed by atoms with Crippen LogP contribution in [-0.2, 0) is 18.3 Å². The van der Waals surface area contributed by atoms with Crippen molar-refractivity contribution in [3.8, 4) is 0 Å². The summed E-state index contributed by atoms with van der Waals surface area (Å²) in [5.74, 6) is 0.0459. The van der Waals surface area contributed by atoms with E-state index in [9.17, 15) is 4.79 Å². The smallest absolute Gasteiger partial charge is 0.224 e. The number of nitrogen functional groups attached to an aromatic ring is 1. The fourth-order valence-corrected chi connectivity index (χ4v) is 2.20. The van der Waals surface area contributed by atoms with Crippen LogP contribution in [0.5, 0.6) is 0 Å². The first-order valence-corrected chi connectivity index (χ1v) is 6.10. The molecule has 0 aliphatic carbocycles. The van der Waals surface area contributed by atoms with Crippen LogP contribution in [0.1, 0.15) is 12.0 Å². The maximum absolute atomic E-state index is 11.4. The van der Waals surface area contributed by atoms with Gasteiger partial charge in [0.2, 0.25) is 5.91 Å². The zero-order valence-corrected chi connectivity index (χ0v) is 10.6. The second kappa shape index (κ2) is 4.31. The van der Waals surface area contributed by atoms with E-state index in [0.29, 0.717) is 12.1 Å². The molecular formula is C13H15N5O. The lowest BCUT2D eigenvalue weighted by atomic mass is 10.0. The van der Waals surface area contributed by atoms with Crippen LogP contribution in [0.15, 0.2) is 24.5 Å². The summed E-state index contributed by atoms with van der Waals surface area (Å²) in [4.78, 5) is 11.4. The fourth-order valence-electron chi connectivity index (χ4n) is 2.20. The zero-order chi connectivity index (χ0) is 13.4.